The molecule has 2 heterocycles. The highest BCUT2D eigenvalue weighted by Crippen LogP contribution is 2.20. The average molecular weight is 379 g/mol. The number of aromatic nitrogens is 1. The lowest BCUT2D eigenvalue weighted by Gasteiger charge is -2.00. The van der Waals surface area contributed by atoms with Crippen molar-refractivity contribution < 1.29 is 13.6 Å². The summed E-state index contributed by atoms with van der Waals surface area (Å²) in [6.45, 7) is 0.120. The highest BCUT2D eigenvalue weighted by molar-refractivity contribution is 9.10. The van der Waals surface area contributed by atoms with Crippen LogP contribution in [0.5, 0.6) is 0 Å². The number of rotatable bonds is 2. The Morgan fingerprint density at radius 2 is 2.27 bits per heavy atom. The Balaban J connectivity index is 2.20. The van der Waals surface area contributed by atoms with Gasteiger partial charge in [0.25, 0.3) is 0 Å². The molecular weight excluding hydrogens is 371 g/mol. The maximum Gasteiger partial charge on any atom is 0.315 e. The molecule has 0 saturated carbocycles. The van der Waals surface area contributed by atoms with Crippen molar-refractivity contribution in [2.45, 2.75) is 6.54 Å². The summed E-state index contributed by atoms with van der Waals surface area (Å²) >= 11 is 4.32. The van der Waals surface area contributed by atoms with Gasteiger partial charge in [-0.15, -0.1) is 6.42 Å². The number of fused-ring (bicyclic) bond motifs is 1. The largest absolute Gasteiger partial charge is 0.444 e. The second kappa shape index (κ2) is 5.91. The molecule has 0 atom stereocenters. The maximum absolute atomic E-state index is 14.0. The van der Waals surface area contributed by atoms with Gasteiger partial charge in [-0.25, -0.2) is 4.39 Å². The smallest absolute Gasteiger partial charge is 0.315 e. The molecule has 4 nitrogen and oxygen atoms in total. The number of halogens is 2. The molecule has 0 N–H and O–H groups in total. The number of nitrogens with zero attached hydrogens (tertiary/aromatic N) is 2. The lowest BCUT2D eigenvalue weighted by atomic mass is 10.3. The zero-order valence-corrected chi connectivity index (χ0v) is 13.4. The van der Waals surface area contributed by atoms with Crippen LogP contribution in [0.1, 0.15) is 10.6 Å². The van der Waals surface area contributed by atoms with Crippen molar-refractivity contribution in [2.24, 2.45) is 4.99 Å². The van der Waals surface area contributed by atoms with E-state index in [1.807, 2.05) is 0 Å². The number of para-hydroxylation sites is 1. The summed E-state index contributed by atoms with van der Waals surface area (Å²) in [5.74, 6) is 1.59. The molecule has 0 aliphatic carbocycles. The van der Waals surface area contributed by atoms with E-state index >= 15 is 0 Å². The molecular formula is C15H8BrFN2O2S. The Hall–Kier alpha value is -2.17. The zero-order chi connectivity index (χ0) is 15.7. The van der Waals surface area contributed by atoms with Crippen LogP contribution >= 0.6 is 27.3 Å². The molecule has 0 saturated heterocycles. The van der Waals surface area contributed by atoms with Gasteiger partial charge < -0.3 is 8.98 Å². The average Bonchev–Trinajstić information content (AvgIpc) is 3.05. The third-order valence-corrected chi connectivity index (χ3v) is 4.35. The van der Waals surface area contributed by atoms with Crippen LogP contribution < -0.4 is 4.80 Å². The van der Waals surface area contributed by atoms with Crippen LogP contribution in [0.3, 0.4) is 0 Å². The first-order valence-electron chi connectivity index (χ1n) is 6.16. The molecule has 3 aromatic rings. The van der Waals surface area contributed by atoms with Gasteiger partial charge in [0.05, 0.1) is 16.8 Å². The monoisotopic (exact) mass is 378 g/mol. The van der Waals surface area contributed by atoms with E-state index in [0.29, 0.717) is 19.7 Å². The maximum atomic E-state index is 14.0. The van der Waals surface area contributed by atoms with Crippen LogP contribution in [0.25, 0.3) is 10.2 Å². The van der Waals surface area contributed by atoms with Gasteiger partial charge in [-0.3, -0.25) is 4.79 Å². The molecule has 0 bridgehead atoms. The Morgan fingerprint density at radius 1 is 1.45 bits per heavy atom. The van der Waals surface area contributed by atoms with Crippen molar-refractivity contribution in [1.29, 1.82) is 0 Å². The third kappa shape index (κ3) is 2.63. The Labute approximate surface area is 137 Å². The molecule has 0 spiro atoms. The van der Waals surface area contributed by atoms with Crippen LogP contribution in [-0.2, 0) is 6.54 Å². The van der Waals surface area contributed by atoms with Gasteiger partial charge in [0.15, 0.2) is 15.2 Å². The molecule has 110 valence electrons. The fraction of sp³-hybridized carbons (Fsp3) is 0.0667. The number of benzene rings is 1. The van der Waals surface area contributed by atoms with Crippen LogP contribution in [0.15, 0.2) is 44.4 Å². The van der Waals surface area contributed by atoms with Crippen LogP contribution in [-0.4, -0.2) is 10.5 Å². The number of hydrogen-bond donors (Lipinski definition) is 0. The van der Waals surface area contributed by atoms with Gasteiger partial charge in [0.1, 0.15) is 5.82 Å². The molecule has 1 aromatic carbocycles. The standard InChI is InChI=1S/C15H8BrFN2O2S/c1-2-8-19-13-9(17)4-3-5-11(13)22-15(19)18-14(20)10-6-7-12(16)21-10/h1,3-7H,8H2. The fourth-order valence-corrected chi connectivity index (χ4v) is 3.33. The molecule has 2 aromatic heterocycles. The van der Waals surface area contributed by atoms with E-state index in [9.17, 15) is 9.18 Å². The Morgan fingerprint density at radius 3 is 2.95 bits per heavy atom. The number of carbonyl (C=O) groups is 1. The second-order valence-electron chi connectivity index (χ2n) is 4.28. The van der Waals surface area contributed by atoms with Gasteiger partial charge in [-0.05, 0) is 40.2 Å². The number of terminal acetylenes is 1. The van der Waals surface area contributed by atoms with Gasteiger partial charge in [0.2, 0.25) is 0 Å². The number of hydrogen-bond acceptors (Lipinski definition) is 3. The minimum atomic E-state index is -0.552. The first-order valence-corrected chi connectivity index (χ1v) is 7.77. The summed E-state index contributed by atoms with van der Waals surface area (Å²) in [6.07, 6.45) is 5.34. The molecule has 7 heteroatoms. The minimum absolute atomic E-state index is 0.0945. The van der Waals surface area contributed by atoms with Crippen molar-refractivity contribution in [1.82, 2.24) is 4.57 Å². The number of thiazole rings is 1. The van der Waals surface area contributed by atoms with Gasteiger partial charge in [-0.1, -0.05) is 23.3 Å². The van der Waals surface area contributed by atoms with Gasteiger partial charge in [-0.2, -0.15) is 4.99 Å². The van der Waals surface area contributed by atoms with E-state index in [0.717, 1.165) is 0 Å². The number of carbonyl (C=O) groups excluding carboxylic acids is 1. The lowest BCUT2D eigenvalue weighted by Crippen LogP contribution is -2.16. The summed E-state index contributed by atoms with van der Waals surface area (Å²) in [7, 11) is 0. The highest BCUT2D eigenvalue weighted by atomic mass is 79.9. The molecule has 3 rings (SSSR count). The summed E-state index contributed by atoms with van der Waals surface area (Å²) in [5.41, 5.74) is 0.345. The summed E-state index contributed by atoms with van der Waals surface area (Å²) in [5, 5.41) is 0. The first kappa shape index (κ1) is 14.8. The molecule has 0 unspecified atom stereocenters. The molecule has 0 fully saturated rings. The van der Waals surface area contributed by atoms with Gasteiger partial charge >= 0.3 is 5.91 Å². The topological polar surface area (TPSA) is 47.5 Å². The van der Waals surface area contributed by atoms with Crippen molar-refractivity contribution in [3.05, 3.63) is 51.4 Å². The van der Waals surface area contributed by atoms with Crippen molar-refractivity contribution in [3.63, 3.8) is 0 Å². The van der Waals surface area contributed by atoms with Gasteiger partial charge in [0, 0.05) is 0 Å². The minimum Gasteiger partial charge on any atom is -0.444 e. The van der Waals surface area contributed by atoms with E-state index < -0.39 is 11.7 Å². The number of furan rings is 1. The van der Waals surface area contributed by atoms with Crippen LogP contribution in [0.4, 0.5) is 4.39 Å². The molecule has 0 aliphatic rings. The molecule has 0 radical (unpaired) electrons. The van der Waals surface area contributed by atoms with Crippen LogP contribution in [0, 0.1) is 18.2 Å². The Bertz CT molecular complexity index is 977. The SMILES string of the molecule is C#CCn1c(=NC(=O)c2ccc(Br)o2)sc2cccc(F)c21. The molecule has 22 heavy (non-hydrogen) atoms. The van der Waals surface area contributed by atoms with Crippen molar-refractivity contribution in [3.8, 4) is 12.3 Å². The predicted molar refractivity (Wildman–Crippen MR) is 84.9 cm³/mol. The predicted octanol–water partition coefficient (Wildman–Crippen LogP) is 3.57. The lowest BCUT2D eigenvalue weighted by molar-refractivity contribution is 0.0970. The second-order valence-corrected chi connectivity index (χ2v) is 6.07. The third-order valence-electron chi connectivity index (χ3n) is 2.88. The summed E-state index contributed by atoms with van der Waals surface area (Å²) in [4.78, 5) is 16.4. The van der Waals surface area contributed by atoms with E-state index in [1.54, 1.807) is 18.2 Å². The molecule has 0 aliphatic heterocycles. The van der Waals surface area contributed by atoms with E-state index in [2.05, 4.69) is 26.8 Å². The zero-order valence-electron chi connectivity index (χ0n) is 11.0. The van der Waals surface area contributed by atoms with Crippen LogP contribution in [0.2, 0.25) is 0 Å². The first-order chi connectivity index (χ1) is 10.6. The quantitative estimate of drug-likeness (QED) is 0.640. The normalized spacial score (nSPS) is 11.8. The van der Waals surface area contributed by atoms with Crippen molar-refractivity contribution >= 4 is 43.4 Å². The van der Waals surface area contributed by atoms with E-state index in [1.165, 1.54) is 28.0 Å². The van der Waals surface area contributed by atoms with Crippen molar-refractivity contribution in [2.75, 3.05) is 0 Å². The highest BCUT2D eigenvalue weighted by Gasteiger charge is 2.13. The molecule has 1 amide bonds. The number of amides is 1. The Kier molecular flexibility index (Phi) is 3.96. The van der Waals surface area contributed by atoms with E-state index in [4.69, 9.17) is 10.8 Å². The van der Waals surface area contributed by atoms with E-state index in [-0.39, 0.29) is 12.3 Å². The summed E-state index contributed by atoms with van der Waals surface area (Å²) < 4.78 is 21.8. The summed E-state index contributed by atoms with van der Waals surface area (Å²) in [6, 6.07) is 7.81. The fourth-order valence-electron chi connectivity index (χ4n) is 1.98.